The fourth-order valence-corrected chi connectivity index (χ4v) is 10.1. The number of rotatable bonds is 31. The minimum absolute atomic E-state index is 0.0244. The zero-order valence-corrected chi connectivity index (χ0v) is 49.1. The predicted octanol–water partition coefficient (Wildman–Crippen LogP) is 9.46. The molecule has 0 aliphatic carbocycles. The summed E-state index contributed by atoms with van der Waals surface area (Å²) in [5, 5.41) is 3.15. The monoisotopic (exact) mass is 1100 g/mol. The van der Waals surface area contributed by atoms with Gasteiger partial charge >= 0.3 is 24.0 Å². The van der Waals surface area contributed by atoms with E-state index in [0.717, 1.165) is 6.29 Å². The molecule has 1 fully saturated rings. The number of anilines is 1. The molecular weight excluding hydrogens is 1020 g/mol. The van der Waals surface area contributed by atoms with E-state index in [4.69, 9.17) is 61.6 Å². The molecule has 21 heteroatoms. The Kier molecular flexibility index (Phi) is 25.3. The molecule has 0 radical (unpaired) electrons. The summed E-state index contributed by atoms with van der Waals surface area (Å²) in [4.78, 5) is 82.3. The van der Waals surface area contributed by atoms with Gasteiger partial charge in [-0.1, -0.05) is 78.7 Å². The molecule has 1 aliphatic heterocycles. The predicted molar refractivity (Wildman–Crippen MR) is 290 cm³/mol. The second-order valence-corrected chi connectivity index (χ2v) is 26.4. The lowest BCUT2D eigenvalue weighted by Gasteiger charge is -2.49. The number of hydrogen-bond donors (Lipinski definition) is 1. The third-order valence-electron chi connectivity index (χ3n) is 12.8. The molecule has 3 rings (SSSR count). The van der Waals surface area contributed by atoms with Gasteiger partial charge in [0.15, 0.2) is 37.7 Å². The van der Waals surface area contributed by atoms with Gasteiger partial charge in [0.2, 0.25) is 0 Å². The molecule has 1 N–H and O–H groups in total. The maximum absolute atomic E-state index is 15.7. The van der Waals surface area contributed by atoms with Crippen LogP contribution >= 0.6 is 0 Å². The van der Waals surface area contributed by atoms with Crippen molar-refractivity contribution in [2.45, 2.75) is 132 Å². The van der Waals surface area contributed by atoms with Crippen molar-refractivity contribution in [1.82, 2.24) is 0 Å². The summed E-state index contributed by atoms with van der Waals surface area (Å²) in [6.45, 7) is 30.3. The molecule has 1 saturated heterocycles. The molecule has 0 spiro atoms. The first-order valence-corrected chi connectivity index (χ1v) is 29.2. The van der Waals surface area contributed by atoms with Gasteiger partial charge in [0.05, 0.1) is 35.5 Å². The van der Waals surface area contributed by atoms with Gasteiger partial charge in [-0.25, -0.2) is 4.79 Å². The summed E-state index contributed by atoms with van der Waals surface area (Å²) in [6, 6.07) is 0.705. The number of carbonyl (C=O) groups excluding carboxylic acids is 6. The Balaban J connectivity index is 2.49. The first kappa shape index (κ1) is 65.4. The van der Waals surface area contributed by atoms with Crippen LogP contribution in [-0.4, -0.2) is 136 Å². The van der Waals surface area contributed by atoms with Gasteiger partial charge in [0.1, 0.15) is 54.9 Å². The van der Waals surface area contributed by atoms with Crippen molar-refractivity contribution in [3.8, 4) is 23.0 Å². The van der Waals surface area contributed by atoms with Crippen LogP contribution in [0.5, 0.6) is 23.0 Å². The highest BCUT2D eigenvalue weighted by atomic mass is 28.3. The zero-order valence-electron chi connectivity index (χ0n) is 48.1. The fourth-order valence-electron chi connectivity index (χ4n) is 9.38. The van der Waals surface area contributed by atoms with Crippen molar-refractivity contribution in [2.75, 3.05) is 66.8 Å². The van der Waals surface area contributed by atoms with Crippen LogP contribution in [0.2, 0.25) is 25.7 Å². The molecule has 1 heterocycles. The number of ketones is 1. The zero-order chi connectivity index (χ0) is 58.1. The van der Waals surface area contributed by atoms with E-state index in [0.29, 0.717) is 17.2 Å². The van der Waals surface area contributed by atoms with Crippen LogP contribution in [-0.2, 0) is 61.8 Å². The van der Waals surface area contributed by atoms with E-state index in [1.54, 1.807) is 68.4 Å². The lowest BCUT2D eigenvalue weighted by Crippen LogP contribution is -2.59. The molecule has 77 heavy (non-hydrogen) atoms. The molecule has 0 bridgehead atoms. The number of aldehydes is 1. The number of benzene rings is 2. The third-order valence-corrected chi connectivity index (χ3v) is 14.5. The quantitative estimate of drug-likeness (QED) is 0.0108. The van der Waals surface area contributed by atoms with Gasteiger partial charge in [-0.3, -0.25) is 24.5 Å². The number of fused-ring (bicyclic) bond motifs is 1. The van der Waals surface area contributed by atoms with Gasteiger partial charge in [0, 0.05) is 83.4 Å². The summed E-state index contributed by atoms with van der Waals surface area (Å²) < 4.78 is 77.7. The normalized spacial score (nSPS) is 18.8. The summed E-state index contributed by atoms with van der Waals surface area (Å²) in [5.41, 5.74) is 0.788. The largest absolute Gasteiger partial charge is 0.488 e. The minimum atomic E-state index is -1.60. The van der Waals surface area contributed by atoms with E-state index >= 15 is 4.79 Å². The Morgan fingerprint density at radius 1 is 0.727 bits per heavy atom. The molecule has 2 aromatic rings. The molecule has 2 aromatic carbocycles. The van der Waals surface area contributed by atoms with Crippen molar-refractivity contribution >= 4 is 60.6 Å². The lowest BCUT2D eigenvalue weighted by atomic mass is 9.75. The molecule has 430 valence electrons. The Hall–Kier alpha value is -5.84. The van der Waals surface area contributed by atoms with E-state index in [-0.39, 0.29) is 90.8 Å². The van der Waals surface area contributed by atoms with Crippen molar-refractivity contribution in [1.29, 1.82) is 0 Å². The van der Waals surface area contributed by atoms with Gasteiger partial charge in [-0.15, -0.1) is 0 Å². The van der Waals surface area contributed by atoms with Gasteiger partial charge in [0.25, 0.3) is 0 Å². The molecule has 1 amide bonds. The SMILES string of the molecule is C=CCOC(=O)[C@@H]([C@H](OC(C)=O)[C@H](C)[C@@H](OC(C)=O)[C@@H](C)/C=C(\C)C(=O)c1c(OCOC)c(C)c(OCC=C)c2c(OCOC)c(NC(=O)OCC[Si](C)(C)C)c(C)c(OCOC)c12)[C@@H]1OC(C)(C)O[C@H]([C@@H](C)C=O)[C@H]1C. The van der Waals surface area contributed by atoms with Crippen LogP contribution in [0, 0.1) is 43.4 Å². The number of ether oxygens (including phenoxy) is 13. The van der Waals surface area contributed by atoms with Crippen LogP contribution in [0.15, 0.2) is 37.0 Å². The lowest BCUT2D eigenvalue weighted by molar-refractivity contribution is -0.336. The van der Waals surface area contributed by atoms with Crippen LogP contribution in [0.1, 0.15) is 83.8 Å². The van der Waals surface area contributed by atoms with Gasteiger partial charge in [-0.2, -0.15) is 0 Å². The number of allylic oxidation sites excluding steroid dienone is 1. The molecule has 0 aromatic heterocycles. The minimum Gasteiger partial charge on any atom is -0.488 e. The number of Topliss-reactive ketones (excluding diaryl/α,β-unsaturated/α-hetero) is 1. The maximum atomic E-state index is 15.7. The second-order valence-electron chi connectivity index (χ2n) is 20.8. The van der Waals surface area contributed by atoms with E-state index in [1.807, 2.05) is 0 Å². The number of nitrogens with one attached hydrogen (secondary N) is 1. The Labute approximate surface area is 454 Å². The highest BCUT2D eigenvalue weighted by Gasteiger charge is 2.54. The molecule has 0 unspecified atom stereocenters. The van der Waals surface area contributed by atoms with E-state index in [9.17, 15) is 24.0 Å². The second kappa shape index (κ2) is 29.8. The number of esters is 3. The summed E-state index contributed by atoms with van der Waals surface area (Å²) in [6.07, 6.45) is 0.0606. The standard InChI is InChI=1S/C56H83NO19Si/c1-20-22-67-50-37(9)49(71-29-65-15)41(40-42(50)53(72-30-66-16)44(34(6)48(40)70-28-64-14)57-55(63)69-24-25-77(17,18)19)45(61)31(3)26-32(4)46(73-38(10)59)35(7)51(74-39(11)60)43(54(62)68-23-21-2)52-36(8)47(33(5)27-58)75-56(12,13)76-52/h20-21,26-27,32-33,35-36,43,46-47,51-52H,1-2,22-25,28-30H2,3-19H3,(H,57,63)/b31-26+/t32-,33-,35+,36+,43-,46-,47+,51+,52+/m0/s1. The van der Waals surface area contributed by atoms with Crippen molar-refractivity contribution in [3.05, 3.63) is 53.6 Å². The highest BCUT2D eigenvalue weighted by Crippen LogP contribution is 2.54. The first-order valence-electron chi connectivity index (χ1n) is 25.5. The molecule has 0 saturated carbocycles. The maximum Gasteiger partial charge on any atom is 0.411 e. The average molecular weight is 1100 g/mol. The van der Waals surface area contributed by atoms with E-state index in [2.05, 4.69) is 38.1 Å². The Morgan fingerprint density at radius 3 is 1.79 bits per heavy atom. The summed E-state index contributed by atoms with van der Waals surface area (Å²) in [7, 11) is 2.65. The van der Waals surface area contributed by atoms with Crippen LogP contribution in [0.3, 0.4) is 0 Å². The molecular formula is C56H83NO19Si. The number of amides is 1. The fraction of sp³-hybridized carbons (Fsp3) is 0.607. The number of hydrogen-bond acceptors (Lipinski definition) is 19. The van der Waals surface area contributed by atoms with Gasteiger partial charge < -0.3 is 66.4 Å². The first-order chi connectivity index (χ1) is 36.2. The van der Waals surface area contributed by atoms with E-state index in [1.165, 1.54) is 47.3 Å². The third kappa shape index (κ3) is 17.3. The molecule has 1 aliphatic rings. The highest BCUT2D eigenvalue weighted by molar-refractivity contribution is 6.76. The number of methoxy groups -OCH3 is 3. The summed E-state index contributed by atoms with van der Waals surface area (Å²) in [5.74, 6) is -8.48. The van der Waals surface area contributed by atoms with Crippen molar-refractivity contribution < 1.29 is 90.3 Å². The van der Waals surface area contributed by atoms with Crippen LogP contribution < -0.4 is 24.3 Å². The Morgan fingerprint density at radius 2 is 1.26 bits per heavy atom. The number of carbonyl (C=O) groups is 6. The summed E-state index contributed by atoms with van der Waals surface area (Å²) >= 11 is 0. The van der Waals surface area contributed by atoms with Gasteiger partial charge in [-0.05, 0) is 46.2 Å². The van der Waals surface area contributed by atoms with Crippen molar-refractivity contribution in [3.63, 3.8) is 0 Å². The topological polar surface area (TPSA) is 234 Å². The van der Waals surface area contributed by atoms with Crippen molar-refractivity contribution in [2.24, 2.45) is 29.6 Å². The Bertz CT molecular complexity index is 2450. The molecule has 9 atom stereocenters. The van der Waals surface area contributed by atoms with Crippen LogP contribution in [0.4, 0.5) is 10.5 Å². The van der Waals surface area contributed by atoms with E-state index < -0.39 is 97.7 Å². The average Bonchev–Trinajstić information content (AvgIpc) is 3.36. The van der Waals surface area contributed by atoms with Crippen LogP contribution in [0.25, 0.3) is 10.8 Å². The smallest absolute Gasteiger partial charge is 0.411 e. The molecule has 20 nitrogen and oxygen atoms in total.